The molecule has 0 radical (unpaired) electrons. The Labute approximate surface area is 110 Å². The first kappa shape index (κ1) is 12.4. The van der Waals surface area contributed by atoms with Crippen LogP contribution in [-0.4, -0.2) is 10.1 Å². The molecule has 0 aliphatic carbocycles. The van der Waals surface area contributed by atoms with E-state index in [0.29, 0.717) is 0 Å². The predicted molar refractivity (Wildman–Crippen MR) is 74.4 cm³/mol. The highest BCUT2D eigenvalue weighted by molar-refractivity contribution is 9.10. The van der Waals surface area contributed by atoms with Crippen LogP contribution in [0.5, 0.6) is 5.75 Å². The van der Waals surface area contributed by atoms with Crippen LogP contribution in [0.15, 0.2) is 28.7 Å². The van der Waals surface area contributed by atoms with E-state index < -0.39 is 0 Å². The van der Waals surface area contributed by atoms with Crippen molar-refractivity contribution in [3.63, 3.8) is 0 Å². The molecule has 2 nitrogen and oxygen atoms in total. The average Bonchev–Trinajstić information content (AvgIpc) is 2.28. The highest BCUT2D eigenvalue weighted by Crippen LogP contribution is 2.35. The van der Waals surface area contributed by atoms with Crippen molar-refractivity contribution in [2.45, 2.75) is 32.6 Å². The number of halogens is 1. The third kappa shape index (κ3) is 2.16. The molecule has 3 heteroatoms. The molecule has 0 fully saturated rings. The van der Waals surface area contributed by atoms with E-state index in [1.807, 2.05) is 18.2 Å². The van der Waals surface area contributed by atoms with Crippen molar-refractivity contribution in [1.29, 1.82) is 0 Å². The van der Waals surface area contributed by atoms with Crippen molar-refractivity contribution in [3.05, 3.63) is 34.4 Å². The molecule has 90 valence electrons. The average molecular weight is 294 g/mol. The van der Waals surface area contributed by atoms with Gasteiger partial charge in [-0.25, -0.2) is 4.98 Å². The Morgan fingerprint density at radius 3 is 2.71 bits per heavy atom. The lowest BCUT2D eigenvalue weighted by Gasteiger charge is -2.23. The highest BCUT2D eigenvalue weighted by atomic mass is 79.9. The number of hydrogen-bond acceptors (Lipinski definition) is 2. The lowest BCUT2D eigenvalue weighted by molar-refractivity contribution is 0.419. The van der Waals surface area contributed by atoms with Gasteiger partial charge in [0, 0.05) is 15.3 Å². The van der Waals surface area contributed by atoms with E-state index in [2.05, 4.69) is 41.7 Å². The van der Waals surface area contributed by atoms with Gasteiger partial charge in [-0.15, -0.1) is 0 Å². The van der Waals surface area contributed by atoms with Gasteiger partial charge in [-0.2, -0.15) is 0 Å². The molecule has 0 aliphatic rings. The van der Waals surface area contributed by atoms with Gasteiger partial charge in [0.2, 0.25) is 0 Å². The second kappa shape index (κ2) is 4.30. The van der Waals surface area contributed by atoms with Crippen LogP contribution in [0.1, 0.15) is 32.9 Å². The molecule has 17 heavy (non-hydrogen) atoms. The summed E-state index contributed by atoms with van der Waals surface area (Å²) in [6.45, 7) is 6.29. The molecule has 1 N–H and O–H groups in total. The maximum atomic E-state index is 10.1. The molecular formula is C14H16BrNO. The Hall–Kier alpha value is -1.09. The summed E-state index contributed by atoms with van der Waals surface area (Å²) in [6, 6.07) is 7.66. The Morgan fingerprint density at radius 2 is 2.06 bits per heavy atom. The van der Waals surface area contributed by atoms with E-state index in [4.69, 9.17) is 0 Å². The molecule has 0 bridgehead atoms. The van der Waals surface area contributed by atoms with Gasteiger partial charge in [0.1, 0.15) is 5.75 Å². The summed E-state index contributed by atoms with van der Waals surface area (Å²) < 4.78 is 0.961. The number of hydrogen-bond donors (Lipinski definition) is 1. The van der Waals surface area contributed by atoms with Crippen molar-refractivity contribution in [1.82, 2.24) is 4.98 Å². The molecule has 0 atom stereocenters. The van der Waals surface area contributed by atoms with E-state index in [-0.39, 0.29) is 11.2 Å². The summed E-state index contributed by atoms with van der Waals surface area (Å²) in [5.74, 6) is 0.280. The number of benzene rings is 1. The Morgan fingerprint density at radius 1 is 1.35 bits per heavy atom. The molecule has 2 rings (SSSR count). The third-order valence-electron chi connectivity index (χ3n) is 3.30. The van der Waals surface area contributed by atoms with Crippen LogP contribution in [0, 0.1) is 0 Å². The van der Waals surface area contributed by atoms with Gasteiger partial charge in [-0.1, -0.05) is 32.9 Å². The second-order valence-electron chi connectivity index (χ2n) is 4.91. The van der Waals surface area contributed by atoms with E-state index in [1.54, 1.807) is 6.07 Å². The zero-order chi connectivity index (χ0) is 12.6. The van der Waals surface area contributed by atoms with Crippen LogP contribution in [0.25, 0.3) is 10.9 Å². The second-order valence-corrected chi connectivity index (χ2v) is 5.76. The maximum Gasteiger partial charge on any atom is 0.138 e. The van der Waals surface area contributed by atoms with Gasteiger partial charge in [-0.05, 0) is 34.5 Å². The smallest absolute Gasteiger partial charge is 0.138 e. The van der Waals surface area contributed by atoms with Crippen molar-refractivity contribution in [2.24, 2.45) is 0 Å². The van der Waals surface area contributed by atoms with Gasteiger partial charge in [-0.3, -0.25) is 0 Å². The largest absolute Gasteiger partial charge is 0.506 e. The number of rotatable bonds is 2. The highest BCUT2D eigenvalue weighted by Gasteiger charge is 2.24. The monoisotopic (exact) mass is 293 g/mol. The molecule has 1 aromatic carbocycles. The van der Waals surface area contributed by atoms with Crippen molar-refractivity contribution >= 4 is 26.8 Å². The number of nitrogens with zero attached hydrogens (tertiary/aromatic N) is 1. The Balaban J connectivity index is 2.74. The lowest BCUT2D eigenvalue weighted by Crippen LogP contribution is -2.17. The van der Waals surface area contributed by atoms with Gasteiger partial charge in [0.05, 0.1) is 11.2 Å². The molecule has 1 aromatic heterocycles. The topological polar surface area (TPSA) is 33.1 Å². The number of aromatic hydroxyl groups is 1. The van der Waals surface area contributed by atoms with Crippen molar-refractivity contribution in [3.8, 4) is 5.75 Å². The quantitative estimate of drug-likeness (QED) is 0.891. The van der Waals surface area contributed by atoms with E-state index in [0.717, 1.165) is 27.5 Å². The fraction of sp³-hybridized carbons (Fsp3) is 0.357. The predicted octanol–water partition coefficient (Wildman–Crippen LogP) is 4.39. The van der Waals surface area contributed by atoms with Crippen molar-refractivity contribution < 1.29 is 5.11 Å². The van der Waals surface area contributed by atoms with Crippen LogP contribution in [-0.2, 0) is 5.41 Å². The first-order valence-corrected chi connectivity index (χ1v) is 6.53. The summed E-state index contributed by atoms with van der Waals surface area (Å²) >= 11 is 3.50. The van der Waals surface area contributed by atoms with Gasteiger partial charge in [0.15, 0.2) is 0 Å². The molecule has 0 saturated heterocycles. The molecule has 0 saturated carbocycles. The summed E-state index contributed by atoms with van der Waals surface area (Å²) in [6.07, 6.45) is 0.934. The number of fused-ring (bicyclic) bond motifs is 1. The van der Waals surface area contributed by atoms with Crippen LogP contribution >= 0.6 is 15.9 Å². The fourth-order valence-electron chi connectivity index (χ4n) is 1.82. The molecule has 2 aromatic rings. The summed E-state index contributed by atoms with van der Waals surface area (Å²) in [4.78, 5) is 4.62. The fourth-order valence-corrected chi connectivity index (χ4v) is 2.29. The first-order valence-electron chi connectivity index (χ1n) is 5.74. The Kier molecular flexibility index (Phi) is 3.13. The van der Waals surface area contributed by atoms with E-state index >= 15 is 0 Å². The Bertz CT molecular complexity index is 563. The van der Waals surface area contributed by atoms with Crippen LogP contribution in [0.3, 0.4) is 0 Å². The lowest BCUT2D eigenvalue weighted by atomic mass is 9.85. The van der Waals surface area contributed by atoms with Crippen molar-refractivity contribution in [2.75, 3.05) is 0 Å². The SMILES string of the molecule is CCC(C)(C)c1nc2c(Br)cccc2cc1O. The number of pyridine rings is 1. The number of aromatic nitrogens is 1. The normalized spacial score (nSPS) is 12.0. The van der Waals surface area contributed by atoms with Gasteiger partial charge in [0.25, 0.3) is 0 Å². The zero-order valence-corrected chi connectivity index (χ0v) is 11.9. The molecular weight excluding hydrogens is 278 g/mol. The van der Waals surface area contributed by atoms with Crippen LogP contribution in [0.4, 0.5) is 0 Å². The molecule has 1 heterocycles. The van der Waals surface area contributed by atoms with Gasteiger partial charge >= 0.3 is 0 Å². The zero-order valence-electron chi connectivity index (χ0n) is 10.3. The molecule has 0 aliphatic heterocycles. The van der Waals surface area contributed by atoms with Crippen LogP contribution in [0.2, 0.25) is 0 Å². The third-order valence-corrected chi connectivity index (χ3v) is 3.94. The van der Waals surface area contributed by atoms with Crippen LogP contribution < -0.4 is 0 Å². The molecule has 0 unspecified atom stereocenters. The number of para-hydroxylation sites is 1. The minimum Gasteiger partial charge on any atom is -0.506 e. The first-order chi connectivity index (χ1) is 7.95. The summed E-state index contributed by atoms with van der Waals surface area (Å²) in [5, 5.41) is 11.0. The minimum atomic E-state index is -0.118. The summed E-state index contributed by atoms with van der Waals surface area (Å²) in [5.41, 5.74) is 1.55. The van der Waals surface area contributed by atoms with E-state index in [1.165, 1.54) is 0 Å². The standard InChI is InChI=1S/C14H16BrNO/c1-4-14(2,3)13-11(17)8-9-6-5-7-10(15)12(9)16-13/h5-8,17H,4H2,1-3H3. The molecule has 0 spiro atoms. The maximum absolute atomic E-state index is 10.1. The molecule has 0 amide bonds. The summed E-state index contributed by atoms with van der Waals surface area (Å²) in [7, 11) is 0. The minimum absolute atomic E-state index is 0.118. The van der Waals surface area contributed by atoms with E-state index in [9.17, 15) is 5.11 Å². The van der Waals surface area contributed by atoms with Gasteiger partial charge < -0.3 is 5.11 Å².